The van der Waals surface area contributed by atoms with Crippen molar-refractivity contribution in [2.45, 2.75) is 12.5 Å². The van der Waals surface area contributed by atoms with Crippen molar-refractivity contribution < 1.29 is 9.53 Å². The zero-order chi connectivity index (χ0) is 13.4. The second-order valence-corrected chi connectivity index (χ2v) is 6.11. The van der Waals surface area contributed by atoms with Crippen LogP contribution in [0.4, 0.5) is 0 Å². The van der Waals surface area contributed by atoms with Gasteiger partial charge in [0.05, 0.1) is 0 Å². The molecule has 1 fully saturated rings. The van der Waals surface area contributed by atoms with Gasteiger partial charge in [0.2, 0.25) is 0 Å². The summed E-state index contributed by atoms with van der Waals surface area (Å²) in [6.07, 6.45) is 0.340. The quantitative estimate of drug-likeness (QED) is 0.785. The lowest BCUT2D eigenvalue weighted by Crippen LogP contribution is -2.51. The van der Waals surface area contributed by atoms with Crippen LogP contribution in [-0.4, -0.2) is 55.0 Å². The molecular formula is C14H17BrN2O2. The second-order valence-electron chi connectivity index (χ2n) is 5.19. The van der Waals surface area contributed by atoms with Crippen LogP contribution < -0.4 is 4.74 Å². The van der Waals surface area contributed by atoms with Crippen molar-refractivity contribution in [3.8, 4) is 5.75 Å². The molecule has 2 heterocycles. The number of nitrogens with zero attached hydrogens (tertiary/aromatic N) is 2. The first-order valence-corrected chi connectivity index (χ1v) is 7.35. The largest absolute Gasteiger partial charge is 0.480 e. The molecule has 1 amide bonds. The third kappa shape index (κ3) is 2.62. The number of hydrogen-bond donors (Lipinski definition) is 0. The van der Waals surface area contributed by atoms with Crippen LogP contribution in [-0.2, 0) is 11.2 Å². The molecule has 19 heavy (non-hydrogen) atoms. The molecule has 1 saturated heterocycles. The van der Waals surface area contributed by atoms with Crippen molar-refractivity contribution >= 4 is 21.8 Å². The predicted octanol–water partition coefficient (Wildman–Crippen LogP) is 1.53. The van der Waals surface area contributed by atoms with Crippen LogP contribution in [0.3, 0.4) is 0 Å². The van der Waals surface area contributed by atoms with Crippen LogP contribution in [0.15, 0.2) is 22.7 Å². The van der Waals surface area contributed by atoms with Gasteiger partial charge in [-0.3, -0.25) is 4.79 Å². The smallest absolute Gasteiger partial charge is 0.264 e. The first kappa shape index (κ1) is 12.9. The zero-order valence-electron chi connectivity index (χ0n) is 10.9. The number of halogens is 1. The number of carbonyl (C=O) groups excluding carboxylic acids is 1. The molecule has 2 aliphatic rings. The Morgan fingerprint density at radius 2 is 2.05 bits per heavy atom. The topological polar surface area (TPSA) is 32.8 Å². The normalized spacial score (nSPS) is 23.1. The van der Waals surface area contributed by atoms with E-state index in [1.807, 2.05) is 23.1 Å². The van der Waals surface area contributed by atoms with Gasteiger partial charge in [0.25, 0.3) is 5.91 Å². The lowest BCUT2D eigenvalue weighted by atomic mass is 10.1. The summed E-state index contributed by atoms with van der Waals surface area (Å²) in [6.45, 7) is 3.48. The molecule has 3 rings (SSSR count). The fourth-order valence-corrected chi connectivity index (χ4v) is 2.99. The Morgan fingerprint density at radius 1 is 1.32 bits per heavy atom. The highest BCUT2D eigenvalue weighted by atomic mass is 79.9. The molecule has 1 aromatic carbocycles. The number of fused-ring (bicyclic) bond motifs is 1. The van der Waals surface area contributed by atoms with Crippen LogP contribution in [0.2, 0.25) is 0 Å². The SMILES string of the molecule is CN1CCN(C(=O)C2Cc3cc(Br)ccc3O2)CC1. The Bertz CT molecular complexity index is 498. The first-order valence-electron chi connectivity index (χ1n) is 6.56. The molecule has 5 heteroatoms. The number of rotatable bonds is 1. The summed E-state index contributed by atoms with van der Waals surface area (Å²) in [7, 11) is 2.08. The highest BCUT2D eigenvalue weighted by Gasteiger charge is 2.33. The van der Waals surface area contributed by atoms with Crippen LogP contribution in [0.1, 0.15) is 5.56 Å². The molecule has 1 aromatic rings. The monoisotopic (exact) mass is 324 g/mol. The maximum atomic E-state index is 12.4. The fourth-order valence-electron chi connectivity index (χ4n) is 2.59. The van der Waals surface area contributed by atoms with Gasteiger partial charge in [-0.25, -0.2) is 0 Å². The van der Waals surface area contributed by atoms with E-state index in [9.17, 15) is 4.79 Å². The van der Waals surface area contributed by atoms with Crippen LogP contribution in [0, 0.1) is 0 Å². The summed E-state index contributed by atoms with van der Waals surface area (Å²) in [5.74, 6) is 0.969. The van der Waals surface area contributed by atoms with E-state index in [1.165, 1.54) is 0 Å². The van der Waals surface area contributed by atoms with E-state index in [4.69, 9.17) is 4.74 Å². The van der Waals surface area contributed by atoms with E-state index in [2.05, 4.69) is 27.9 Å². The summed E-state index contributed by atoms with van der Waals surface area (Å²) in [6, 6.07) is 5.91. The van der Waals surface area contributed by atoms with Crippen LogP contribution >= 0.6 is 15.9 Å². The van der Waals surface area contributed by atoms with Gasteiger partial charge in [0.1, 0.15) is 5.75 Å². The number of piperazine rings is 1. The van der Waals surface area contributed by atoms with E-state index in [-0.39, 0.29) is 12.0 Å². The minimum Gasteiger partial charge on any atom is -0.480 e. The molecule has 0 aliphatic carbocycles. The summed E-state index contributed by atoms with van der Waals surface area (Å²) >= 11 is 3.45. The molecule has 0 radical (unpaired) electrons. The lowest BCUT2D eigenvalue weighted by Gasteiger charge is -2.33. The van der Waals surface area contributed by atoms with E-state index in [1.54, 1.807) is 0 Å². The van der Waals surface area contributed by atoms with E-state index in [0.29, 0.717) is 6.42 Å². The van der Waals surface area contributed by atoms with Crippen LogP contribution in [0.5, 0.6) is 5.75 Å². The molecule has 1 unspecified atom stereocenters. The molecule has 1 atom stereocenters. The summed E-state index contributed by atoms with van der Waals surface area (Å²) in [4.78, 5) is 16.6. The van der Waals surface area contributed by atoms with Crippen molar-refractivity contribution in [2.75, 3.05) is 33.2 Å². The van der Waals surface area contributed by atoms with Gasteiger partial charge < -0.3 is 14.5 Å². The number of benzene rings is 1. The third-order valence-corrected chi connectivity index (χ3v) is 4.28. The highest BCUT2D eigenvalue weighted by Crippen LogP contribution is 2.31. The Balaban J connectivity index is 1.67. The fraction of sp³-hybridized carbons (Fsp3) is 0.500. The Hall–Kier alpha value is -1.07. The van der Waals surface area contributed by atoms with E-state index < -0.39 is 0 Å². The Morgan fingerprint density at radius 3 is 2.79 bits per heavy atom. The molecular weight excluding hydrogens is 308 g/mol. The Kier molecular flexibility index (Phi) is 3.50. The summed E-state index contributed by atoms with van der Waals surface area (Å²) in [5.41, 5.74) is 1.11. The average Bonchev–Trinajstić information content (AvgIpc) is 2.81. The van der Waals surface area contributed by atoms with Gasteiger partial charge in [-0.2, -0.15) is 0 Å². The number of carbonyl (C=O) groups is 1. The van der Waals surface area contributed by atoms with Crippen molar-refractivity contribution in [3.05, 3.63) is 28.2 Å². The van der Waals surface area contributed by atoms with Gasteiger partial charge >= 0.3 is 0 Å². The van der Waals surface area contributed by atoms with Gasteiger partial charge in [-0.1, -0.05) is 15.9 Å². The van der Waals surface area contributed by atoms with Gasteiger partial charge in [-0.15, -0.1) is 0 Å². The lowest BCUT2D eigenvalue weighted by molar-refractivity contribution is -0.139. The van der Waals surface area contributed by atoms with E-state index in [0.717, 1.165) is 42.0 Å². The molecule has 2 aliphatic heterocycles. The van der Waals surface area contributed by atoms with Gasteiger partial charge in [0.15, 0.2) is 6.10 Å². The minimum absolute atomic E-state index is 0.125. The Labute approximate surface area is 121 Å². The molecule has 0 saturated carbocycles. The molecule has 0 N–H and O–H groups in total. The van der Waals surface area contributed by atoms with Crippen molar-refractivity contribution in [1.82, 2.24) is 9.80 Å². The highest BCUT2D eigenvalue weighted by molar-refractivity contribution is 9.10. The second kappa shape index (κ2) is 5.13. The third-order valence-electron chi connectivity index (χ3n) is 3.79. The standard InChI is InChI=1S/C14H17BrN2O2/c1-16-4-6-17(7-5-16)14(18)13-9-10-8-11(15)2-3-12(10)19-13/h2-3,8,13H,4-7,9H2,1H3. The maximum Gasteiger partial charge on any atom is 0.264 e. The van der Waals surface area contributed by atoms with Gasteiger partial charge in [0, 0.05) is 37.1 Å². The van der Waals surface area contributed by atoms with E-state index >= 15 is 0 Å². The average molecular weight is 325 g/mol. The summed E-state index contributed by atoms with van der Waals surface area (Å²) in [5, 5.41) is 0. The van der Waals surface area contributed by atoms with Crippen molar-refractivity contribution in [2.24, 2.45) is 0 Å². The van der Waals surface area contributed by atoms with Crippen LogP contribution in [0.25, 0.3) is 0 Å². The molecule has 0 spiro atoms. The summed E-state index contributed by atoms with van der Waals surface area (Å²) < 4.78 is 6.81. The maximum absolute atomic E-state index is 12.4. The molecule has 0 bridgehead atoms. The number of likely N-dealkylation sites (N-methyl/N-ethyl adjacent to an activating group) is 1. The molecule has 4 nitrogen and oxygen atoms in total. The number of ether oxygens (including phenoxy) is 1. The number of amides is 1. The van der Waals surface area contributed by atoms with Gasteiger partial charge in [-0.05, 0) is 30.8 Å². The number of hydrogen-bond acceptors (Lipinski definition) is 3. The first-order chi connectivity index (χ1) is 9.13. The predicted molar refractivity (Wildman–Crippen MR) is 76.3 cm³/mol. The minimum atomic E-state index is -0.340. The molecule has 0 aromatic heterocycles. The molecule has 102 valence electrons. The zero-order valence-corrected chi connectivity index (χ0v) is 12.5. The van der Waals surface area contributed by atoms with Crippen molar-refractivity contribution in [3.63, 3.8) is 0 Å². The van der Waals surface area contributed by atoms with Crippen molar-refractivity contribution in [1.29, 1.82) is 0 Å².